The molecule has 1 heterocycles. The lowest BCUT2D eigenvalue weighted by Gasteiger charge is -2.32. The molecule has 1 fully saturated rings. The lowest BCUT2D eigenvalue weighted by atomic mass is 9.96. The fraction of sp³-hybridized carbons (Fsp3) is 0.562. The smallest absolute Gasteiger partial charge is 0.243 e. The molecule has 1 aliphatic rings. The topological polar surface area (TPSA) is 119 Å². The van der Waals surface area contributed by atoms with Gasteiger partial charge in [-0.2, -0.15) is 4.31 Å². The minimum atomic E-state index is -3.89. The molecule has 2 aromatic carbocycles. The van der Waals surface area contributed by atoms with Crippen molar-refractivity contribution in [2.24, 2.45) is 11.8 Å². The Balaban J connectivity index is 1.83. The Labute approximate surface area is 251 Å². The summed E-state index contributed by atoms with van der Waals surface area (Å²) in [5.41, 5.74) is 0.890. The van der Waals surface area contributed by atoms with E-state index in [-0.39, 0.29) is 48.2 Å². The van der Waals surface area contributed by atoms with Gasteiger partial charge in [-0.1, -0.05) is 82.6 Å². The van der Waals surface area contributed by atoms with Gasteiger partial charge in [0, 0.05) is 13.1 Å². The molecule has 0 saturated carbocycles. The van der Waals surface area contributed by atoms with Crippen molar-refractivity contribution < 1.29 is 23.1 Å². The van der Waals surface area contributed by atoms with Crippen LogP contribution in [-0.2, 0) is 26.0 Å². The molecule has 10 heteroatoms. The van der Waals surface area contributed by atoms with E-state index in [1.165, 1.54) is 4.31 Å². The highest BCUT2D eigenvalue weighted by molar-refractivity contribution is 7.89. The number of nitrogens with one attached hydrogen (secondary N) is 2. The van der Waals surface area contributed by atoms with Gasteiger partial charge in [0.05, 0.1) is 23.6 Å². The second kappa shape index (κ2) is 16.2. The predicted octanol–water partition coefficient (Wildman–Crippen LogP) is 3.05. The van der Waals surface area contributed by atoms with Crippen LogP contribution < -0.4 is 10.6 Å². The predicted molar refractivity (Wildman–Crippen MR) is 165 cm³/mol. The third-order valence-corrected chi connectivity index (χ3v) is 9.65. The highest BCUT2D eigenvalue weighted by Crippen LogP contribution is 2.19. The number of hydrogen-bond acceptors (Lipinski definition) is 6. The summed E-state index contributed by atoms with van der Waals surface area (Å²) in [5.74, 6) is -0.716. The van der Waals surface area contributed by atoms with Gasteiger partial charge in [0.1, 0.15) is 6.04 Å². The molecule has 9 nitrogen and oxygen atoms in total. The number of nitrogens with zero attached hydrogens (tertiary/aromatic N) is 2. The van der Waals surface area contributed by atoms with E-state index in [1.54, 1.807) is 30.3 Å². The van der Waals surface area contributed by atoms with Crippen LogP contribution in [0.3, 0.4) is 0 Å². The lowest BCUT2D eigenvalue weighted by molar-refractivity contribution is -0.131. The van der Waals surface area contributed by atoms with Crippen LogP contribution in [0.5, 0.6) is 0 Å². The Morgan fingerprint density at radius 1 is 0.929 bits per heavy atom. The molecule has 4 atom stereocenters. The van der Waals surface area contributed by atoms with E-state index in [9.17, 15) is 23.1 Å². The Kier molecular flexibility index (Phi) is 13.0. The summed E-state index contributed by atoms with van der Waals surface area (Å²) in [4.78, 5) is 28.8. The quantitative estimate of drug-likeness (QED) is 0.273. The third-order valence-electron chi connectivity index (χ3n) is 7.81. The Morgan fingerprint density at radius 2 is 1.52 bits per heavy atom. The molecule has 42 heavy (non-hydrogen) atoms. The minimum absolute atomic E-state index is 0.0125. The summed E-state index contributed by atoms with van der Waals surface area (Å²) in [7, 11) is -3.89. The molecule has 232 valence electrons. The number of aliphatic hydroxyl groups excluding tert-OH is 1. The number of amides is 2. The molecule has 3 N–H and O–H groups in total. The standard InChI is InChI=1S/C32H48N4O5S/c1-5-25(4)31(34-30(38)23-35-18-12-13-19-35)32(39)33-28(20-26-14-8-6-9-15-26)29(37)22-36(21-24(2)3)42(40,41)27-16-10-7-11-17-27/h6-11,14-17,24-25,28-29,31,37H,5,12-13,18-23H2,1-4H3,(H,33,39)(H,34,38)/t25?,28-,29+,31-/m0/s1. The molecule has 1 aliphatic heterocycles. The van der Waals surface area contributed by atoms with Gasteiger partial charge < -0.3 is 15.7 Å². The third kappa shape index (κ3) is 9.90. The monoisotopic (exact) mass is 600 g/mol. The Morgan fingerprint density at radius 3 is 2.10 bits per heavy atom. The normalized spacial score (nSPS) is 17.1. The first-order chi connectivity index (χ1) is 20.0. The first-order valence-electron chi connectivity index (χ1n) is 15.1. The van der Waals surface area contributed by atoms with E-state index in [0.29, 0.717) is 12.8 Å². The first kappa shape index (κ1) is 33.7. The number of carbonyl (C=O) groups excluding carboxylic acids is 2. The van der Waals surface area contributed by atoms with Crippen molar-refractivity contribution in [3.63, 3.8) is 0 Å². The number of sulfonamides is 1. The summed E-state index contributed by atoms with van der Waals surface area (Å²) < 4.78 is 28.5. The summed E-state index contributed by atoms with van der Waals surface area (Å²) >= 11 is 0. The fourth-order valence-electron chi connectivity index (χ4n) is 5.24. The molecule has 2 aromatic rings. The van der Waals surface area contributed by atoms with Crippen LogP contribution in [-0.4, -0.2) is 85.5 Å². The largest absolute Gasteiger partial charge is 0.390 e. The molecule has 3 rings (SSSR count). The molecule has 1 unspecified atom stereocenters. The number of aliphatic hydroxyl groups is 1. The Bertz CT molecular complexity index is 1220. The summed E-state index contributed by atoms with van der Waals surface area (Å²) in [6.45, 7) is 9.74. The number of rotatable bonds is 16. The first-order valence-corrected chi connectivity index (χ1v) is 16.5. The second-order valence-electron chi connectivity index (χ2n) is 11.8. The van der Waals surface area contributed by atoms with Crippen molar-refractivity contribution in [2.45, 2.75) is 76.5 Å². The zero-order valence-electron chi connectivity index (χ0n) is 25.4. The summed E-state index contributed by atoms with van der Waals surface area (Å²) in [6.07, 6.45) is 1.89. The molecule has 0 bridgehead atoms. The van der Waals surface area contributed by atoms with Crippen molar-refractivity contribution in [3.05, 3.63) is 66.2 Å². The molecule has 0 radical (unpaired) electrons. The zero-order valence-corrected chi connectivity index (χ0v) is 26.2. The van der Waals surface area contributed by atoms with E-state index >= 15 is 0 Å². The number of benzene rings is 2. The molecule has 0 aromatic heterocycles. The van der Waals surface area contributed by atoms with Crippen LogP contribution in [0, 0.1) is 11.8 Å². The SMILES string of the molecule is CCC(C)[C@H](NC(=O)CN1CCCC1)C(=O)N[C@@H](Cc1ccccc1)[C@H](O)CN(CC(C)C)S(=O)(=O)c1ccccc1. The van der Waals surface area contributed by atoms with Gasteiger partial charge in [-0.3, -0.25) is 14.5 Å². The van der Waals surface area contributed by atoms with E-state index in [2.05, 4.69) is 15.5 Å². The van der Waals surface area contributed by atoms with E-state index < -0.39 is 28.2 Å². The van der Waals surface area contributed by atoms with Gasteiger partial charge in [0.25, 0.3) is 0 Å². The highest BCUT2D eigenvalue weighted by atomic mass is 32.2. The van der Waals surface area contributed by atoms with Crippen molar-refractivity contribution in [1.82, 2.24) is 19.8 Å². The lowest BCUT2D eigenvalue weighted by Crippen LogP contribution is -2.57. The van der Waals surface area contributed by atoms with Gasteiger partial charge in [-0.05, 0) is 61.9 Å². The minimum Gasteiger partial charge on any atom is -0.390 e. The van der Waals surface area contributed by atoms with Crippen LogP contribution in [0.2, 0.25) is 0 Å². The van der Waals surface area contributed by atoms with Crippen LogP contribution in [0.4, 0.5) is 0 Å². The summed E-state index contributed by atoms with van der Waals surface area (Å²) in [5, 5.41) is 17.5. The highest BCUT2D eigenvalue weighted by Gasteiger charge is 2.34. The maximum absolute atomic E-state index is 13.7. The number of hydrogen-bond donors (Lipinski definition) is 3. The maximum Gasteiger partial charge on any atom is 0.243 e. The molecular formula is C32H48N4O5S. The number of carbonyl (C=O) groups is 2. The zero-order chi connectivity index (χ0) is 30.7. The summed E-state index contributed by atoms with van der Waals surface area (Å²) in [6, 6.07) is 16.1. The van der Waals surface area contributed by atoms with Gasteiger partial charge >= 0.3 is 0 Å². The van der Waals surface area contributed by atoms with Gasteiger partial charge in [-0.15, -0.1) is 0 Å². The molecule has 1 saturated heterocycles. The molecule has 2 amide bonds. The average molecular weight is 601 g/mol. The van der Waals surface area contributed by atoms with Crippen molar-refractivity contribution >= 4 is 21.8 Å². The van der Waals surface area contributed by atoms with E-state index in [4.69, 9.17) is 0 Å². The molecular weight excluding hydrogens is 552 g/mol. The fourth-order valence-corrected chi connectivity index (χ4v) is 6.89. The van der Waals surface area contributed by atoms with E-state index in [1.807, 2.05) is 58.0 Å². The number of likely N-dealkylation sites (tertiary alicyclic amines) is 1. The van der Waals surface area contributed by atoms with Crippen LogP contribution in [0.25, 0.3) is 0 Å². The maximum atomic E-state index is 13.7. The van der Waals surface area contributed by atoms with Crippen LogP contribution in [0.15, 0.2) is 65.6 Å². The van der Waals surface area contributed by atoms with Crippen molar-refractivity contribution in [1.29, 1.82) is 0 Å². The van der Waals surface area contributed by atoms with E-state index in [0.717, 1.165) is 31.5 Å². The molecule has 0 spiro atoms. The van der Waals surface area contributed by atoms with Crippen molar-refractivity contribution in [2.75, 3.05) is 32.7 Å². The Hall–Kier alpha value is -2.79. The van der Waals surface area contributed by atoms with Crippen LogP contribution >= 0.6 is 0 Å². The second-order valence-corrected chi connectivity index (χ2v) is 13.8. The van der Waals surface area contributed by atoms with Crippen LogP contribution in [0.1, 0.15) is 52.5 Å². The van der Waals surface area contributed by atoms with Gasteiger partial charge in [0.2, 0.25) is 21.8 Å². The van der Waals surface area contributed by atoms with Gasteiger partial charge in [0.15, 0.2) is 0 Å². The molecule has 0 aliphatic carbocycles. The van der Waals surface area contributed by atoms with Gasteiger partial charge in [-0.25, -0.2) is 8.42 Å². The van der Waals surface area contributed by atoms with Crippen molar-refractivity contribution in [3.8, 4) is 0 Å². The average Bonchev–Trinajstić information content (AvgIpc) is 3.48.